The lowest BCUT2D eigenvalue weighted by Gasteiger charge is -2.30. The van der Waals surface area contributed by atoms with Gasteiger partial charge in [0.25, 0.3) is 0 Å². The number of nitrogens with zero attached hydrogens (tertiary/aromatic N) is 3. The van der Waals surface area contributed by atoms with Crippen LogP contribution in [-0.4, -0.2) is 15.4 Å². The predicted molar refractivity (Wildman–Crippen MR) is 83.0 cm³/mol. The molecule has 0 aliphatic heterocycles. The number of fused-ring (bicyclic) bond motifs is 1. The highest BCUT2D eigenvalue weighted by Crippen LogP contribution is 2.34. The molecule has 1 aromatic carbocycles. The summed E-state index contributed by atoms with van der Waals surface area (Å²) in [4.78, 5) is 4.68. The van der Waals surface area contributed by atoms with Crippen molar-refractivity contribution in [2.24, 2.45) is 5.41 Å². The molecule has 0 aliphatic carbocycles. The summed E-state index contributed by atoms with van der Waals surface area (Å²) in [5.74, 6) is 1.54. The minimum absolute atomic E-state index is 0.108. The Morgan fingerprint density at radius 2 is 2.10 bits per heavy atom. The highest BCUT2D eigenvalue weighted by Gasteiger charge is 2.25. The zero-order valence-corrected chi connectivity index (χ0v) is 13.2. The molecular formula is C16H20ClN3. The molecule has 106 valence electrons. The molecule has 0 saturated carbocycles. The summed E-state index contributed by atoms with van der Waals surface area (Å²) in [6.45, 7) is 8.82. The maximum absolute atomic E-state index is 9.10. The summed E-state index contributed by atoms with van der Waals surface area (Å²) in [5.41, 5.74) is 2.72. The molecule has 1 aromatic heterocycles. The Hall–Kier alpha value is -1.53. The van der Waals surface area contributed by atoms with Gasteiger partial charge in [-0.1, -0.05) is 20.8 Å². The molecular weight excluding hydrogens is 270 g/mol. The van der Waals surface area contributed by atoms with E-state index in [0.29, 0.717) is 11.4 Å². The van der Waals surface area contributed by atoms with Crippen molar-refractivity contribution in [3.63, 3.8) is 0 Å². The number of benzene rings is 1. The van der Waals surface area contributed by atoms with Gasteiger partial charge >= 0.3 is 0 Å². The van der Waals surface area contributed by atoms with Crippen LogP contribution in [0.4, 0.5) is 0 Å². The van der Waals surface area contributed by atoms with E-state index in [1.165, 1.54) is 0 Å². The molecule has 0 aliphatic rings. The van der Waals surface area contributed by atoms with Gasteiger partial charge in [-0.2, -0.15) is 5.26 Å². The second-order valence-corrected chi connectivity index (χ2v) is 6.57. The summed E-state index contributed by atoms with van der Waals surface area (Å²) in [7, 11) is 0. The smallest absolute Gasteiger partial charge is 0.111 e. The van der Waals surface area contributed by atoms with Gasteiger partial charge in [0.2, 0.25) is 0 Å². The topological polar surface area (TPSA) is 41.6 Å². The number of halogens is 1. The Labute approximate surface area is 125 Å². The molecule has 1 unspecified atom stereocenters. The van der Waals surface area contributed by atoms with Crippen LogP contribution in [0.3, 0.4) is 0 Å². The molecule has 1 atom stereocenters. The van der Waals surface area contributed by atoms with E-state index in [2.05, 4.69) is 43.3 Å². The maximum Gasteiger partial charge on any atom is 0.111 e. The predicted octanol–water partition coefficient (Wildman–Crippen LogP) is 4.30. The van der Waals surface area contributed by atoms with Crippen LogP contribution in [0.5, 0.6) is 0 Å². The van der Waals surface area contributed by atoms with Crippen LogP contribution in [0.1, 0.15) is 45.1 Å². The van der Waals surface area contributed by atoms with Crippen molar-refractivity contribution >= 4 is 22.6 Å². The average molecular weight is 290 g/mol. The summed E-state index contributed by atoms with van der Waals surface area (Å²) in [6, 6.07) is 8.12. The minimum Gasteiger partial charge on any atom is -0.325 e. The highest BCUT2D eigenvalue weighted by atomic mass is 35.5. The molecule has 4 heteroatoms. The van der Waals surface area contributed by atoms with Gasteiger partial charge < -0.3 is 4.57 Å². The van der Waals surface area contributed by atoms with Crippen molar-refractivity contribution in [3.8, 4) is 6.07 Å². The van der Waals surface area contributed by atoms with E-state index in [1.54, 1.807) is 0 Å². The lowest BCUT2D eigenvalue weighted by molar-refractivity contribution is 0.263. The number of alkyl halides is 1. The summed E-state index contributed by atoms with van der Waals surface area (Å²) in [5, 5.41) is 9.10. The van der Waals surface area contributed by atoms with Crippen LogP contribution in [0.2, 0.25) is 0 Å². The molecule has 0 bridgehead atoms. The molecule has 1 heterocycles. The first-order chi connectivity index (χ1) is 9.38. The second kappa shape index (κ2) is 5.46. The van der Waals surface area contributed by atoms with Gasteiger partial charge in [-0.3, -0.25) is 0 Å². The Bertz CT molecular complexity index is 659. The highest BCUT2D eigenvalue weighted by molar-refractivity contribution is 6.17. The van der Waals surface area contributed by atoms with Crippen molar-refractivity contribution in [2.75, 3.05) is 5.88 Å². The molecule has 20 heavy (non-hydrogen) atoms. The van der Waals surface area contributed by atoms with E-state index >= 15 is 0 Å². The SMILES string of the molecule is CC(n1c(CCCl)nc2ccc(C#N)cc21)C(C)(C)C. The quantitative estimate of drug-likeness (QED) is 0.791. The number of rotatable bonds is 3. The fourth-order valence-electron chi connectivity index (χ4n) is 2.29. The molecule has 0 amide bonds. The van der Waals surface area contributed by atoms with E-state index in [0.717, 1.165) is 23.3 Å². The van der Waals surface area contributed by atoms with Gasteiger partial charge in [-0.05, 0) is 30.5 Å². The fraction of sp³-hybridized carbons (Fsp3) is 0.500. The van der Waals surface area contributed by atoms with Crippen molar-refractivity contribution in [3.05, 3.63) is 29.6 Å². The van der Waals surface area contributed by atoms with Crippen LogP contribution in [0.15, 0.2) is 18.2 Å². The number of nitriles is 1. The third-order valence-corrected chi connectivity index (χ3v) is 4.04. The summed E-state index contributed by atoms with van der Waals surface area (Å²) >= 11 is 5.91. The first-order valence-electron chi connectivity index (χ1n) is 6.85. The normalized spacial score (nSPS) is 13.4. The summed E-state index contributed by atoms with van der Waals surface area (Å²) in [6.07, 6.45) is 0.735. The van der Waals surface area contributed by atoms with E-state index in [9.17, 15) is 0 Å². The second-order valence-electron chi connectivity index (χ2n) is 6.19. The molecule has 0 fully saturated rings. The zero-order chi connectivity index (χ0) is 14.9. The Morgan fingerprint density at radius 1 is 1.40 bits per heavy atom. The van der Waals surface area contributed by atoms with Crippen molar-refractivity contribution in [1.82, 2.24) is 9.55 Å². The van der Waals surface area contributed by atoms with Crippen molar-refractivity contribution < 1.29 is 0 Å². The van der Waals surface area contributed by atoms with E-state index in [4.69, 9.17) is 16.9 Å². The average Bonchev–Trinajstić information content (AvgIpc) is 2.74. The molecule has 0 N–H and O–H groups in total. The maximum atomic E-state index is 9.10. The van der Waals surface area contributed by atoms with Crippen LogP contribution in [0, 0.1) is 16.7 Å². The third kappa shape index (κ3) is 2.66. The number of hydrogen-bond acceptors (Lipinski definition) is 2. The Morgan fingerprint density at radius 3 is 2.65 bits per heavy atom. The first kappa shape index (κ1) is 14.9. The largest absolute Gasteiger partial charge is 0.325 e. The van der Waals surface area contributed by atoms with Crippen LogP contribution in [0.25, 0.3) is 11.0 Å². The van der Waals surface area contributed by atoms with Gasteiger partial charge in [-0.25, -0.2) is 4.98 Å². The lowest BCUT2D eigenvalue weighted by atomic mass is 9.87. The van der Waals surface area contributed by atoms with Gasteiger partial charge in [0, 0.05) is 18.3 Å². The lowest BCUT2D eigenvalue weighted by Crippen LogP contribution is -2.23. The number of aryl methyl sites for hydroxylation is 1. The zero-order valence-electron chi connectivity index (χ0n) is 12.4. The van der Waals surface area contributed by atoms with E-state index in [1.807, 2.05) is 18.2 Å². The molecule has 2 aromatic rings. The van der Waals surface area contributed by atoms with Crippen LogP contribution in [-0.2, 0) is 6.42 Å². The number of hydrogen-bond donors (Lipinski definition) is 0. The molecule has 0 spiro atoms. The molecule has 0 saturated heterocycles. The molecule has 2 rings (SSSR count). The third-order valence-electron chi connectivity index (χ3n) is 3.85. The van der Waals surface area contributed by atoms with Gasteiger partial charge in [0.05, 0.1) is 22.7 Å². The standard InChI is InChI=1S/C16H20ClN3/c1-11(16(2,3)4)20-14-9-12(10-18)5-6-13(14)19-15(20)7-8-17/h5-6,9,11H,7-8H2,1-4H3. The van der Waals surface area contributed by atoms with Crippen molar-refractivity contribution in [2.45, 2.75) is 40.2 Å². The Balaban J connectivity index is 2.70. The Kier molecular flexibility index (Phi) is 4.06. The molecule has 0 radical (unpaired) electrons. The number of imidazole rings is 1. The monoisotopic (exact) mass is 289 g/mol. The fourth-order valence-corrected chi connectivity index (χ4v) is 2.46. The first-order valence-corrected chi connectivity index (χ1v) is 7.39. The summed E-state index contributed by atoms with van der Waals surface area (Å²) < 4.78 is 2.23. The van der Waals surface area contributed by atoms with Crippen LogP contribution < -0.4 is 0 Å². The van der Waals surface area contributed by atoms with Gasteiger partial charge in [0.15, 0.2) is 0 Å². The van der Waals surface area contributed by atoms with Gasteiger partial charge in [0.1, 0.15) is 5.82 Å². The van der Waals surface area contributed by atoms with Gasteiger partial charge in [-0.15, -0.1) is 11.6 Å². The van der Waals surface area contributed by atoms with E-state index < -0.39 is 0 Å². The number of aromatic nitrogens is 2. The minimum atomic E-state index is 0.108. The van der Waals surface area contributed by atoms with Crippen molar-refractivity contribution in [1.29, 1.82) is 5.26 Å². The molecule has 3 nitrogen and oxygen atoms in total. The van der Waals surface area contributed by atoms with Crippen LogP contribution >= 0.6 is 11.6 Å². The van der Waals surface area contributed by atoms with E-state index in [-0.39, 0.29) is 11.5 Å².